The Morgan fingerprint density at radius 3 is 2.95 bits per heavy atom. The number of nitrogens with one attached hydrogen (secondary N) is 2. The minimum atomic E-state index is -1.04. The highest BCUT2D eigenvalue weighted by Crippen LogP contribution is 2.13. The lowest BCUT2D eigenvalue weighted by atomic mass is 10.2. The van der Waals surface area contributed by atoms with Gasteiger partial charge in [-0.05, 0) is 18.2 Å². The van der Waals surface area contributed by atoms with Crippen LogP contribution in [0.3, 0.4) is 0 Å². The summed E-state index contributed by atoms with van der Waals surface area (Å²) in [7, 11) is 0. The van der Waals surface area contributed by atoms with Gasteiger partial charge in [-0.2, -0.15) is 0 Å². The van der Waals surface area contributed by atoms with Crippen molar-refractivity contribution in [1.29, 1.82) is 0 Å². The van der Waals surface area contributed by atoms with E-state index in [9.17, 15) is 9.59 Å². The fourth-order valence-corrected chi connectivity index (χ4v) is 1.90. The molecule has 0 bridgehead atoms. The molecule has 0 fully saturated rings. The molecular formula is C11H10N4O3S. The molecule has 1 amide bonds. The Hall–Kier alpha value is -2.35. The number of carbonyl (C=O) groups is 2. The highest BCUT2D eigenvalue weighted by atomic mass is 32.2. The monoisotopic (exact) mass is 278 g/mol. The maximum absolute atomic E-state index is 11.6. The molecule has 0 unspecified atom stereocenters. The second-order valence-corrected chi connectivity index (χ2v) is 4.45. The van der Waals surface area contributed by atoms with Gasteiger partial charge in [-0.25, -0.2) is 9.78 Å². The molecule has 1 aromatic carbocycles. The summed E-state index contributed by atoms with van der Waals surface area (Å²) in [6.07, 6.45) is 1.43. The number of carbonyl (C=O) groups excluding carboxylic acids is 1. The molecule has 0 spiro atoms. The van der Waals surface area contributed by atoms with Gasteiger partial charge in [-0.1, -0.05) is 17.8 Å². The van der Waals surface area contributed by atoms with Crippen LogP contribution in [0, 0.1) is 0 Å². The van der Waals surface area contributed by atoms with E-state index in [-0.39, 0.29) is 17.2 Å². The van der Waals surface area contributed by atoms with Gasteiger partial charge in [0.2, 0.25) is 11.1 Å². The van der Waals surface area contributed by atoms with Crippen LogP contribution in [0.2, 0.25) is 0 Å². The topological polar surface area (TPSA) is 108 Å². The van der Waals surface area contributed by atoms with Crippen molar-refractivity contribution in [2.45, 2.75) is 5.16 Å². The standard InChI is InChI=1S/C11H10N4O3S/c16-9(5-19-11-12-6-13-15-11)14-8-3-1-2-7(4-8)10(17)18/h1-4,6H,5H2,(H,14,16)(H,17,18)(H,12,13,15). The normalized spacial score (nSPS) is 10.1. The number of hydrogen-bond acceptors (Lipinski definition) is 5. The van der Waals surface area contributed by atoms with Gasteiger partial charge in [0.1, 0.15) is 6.33 Å². The van der Waals surface area contributed by atoms with Gasteiger partial charge in [0.15, 0.2) is 0 Å². The summed E-state index contributed by atoms with van der Waals surface area (Å²) in [5.74, 6) is -1.14. The summed E-state index contributed by atoms with van der Waals surface area (Å²) in [6, 6.07) is 6.06. The van der Waals surface area contributed by atoms with Crippen molar-refractivity contribution >= 4 is 29.3 Å². The molecular weight excluding hydrogens is 268 g/mol. The number of carboxylic acid groups (broad SMARTS) is 1. The summed E-state index contributed by atoms with van der Waals surface area (Å²) in [4.78, 5) is 26.3. The van der Waals surface area contributed by atoms with Crippen molar-refractivity contribution in [1.82, 2.24) is 15.2 Å². The first-order valence-electron chi connectivity index (χ1n) is 5.27. The second-order valence-electron chi connectivity index (χ2n) is 3.50. The Balaban J connectivity index is 1.91. The average molecular weight is 278 g/mol. The SMILES string of the molecule is O=C(CSc1nc[nH]n1)Nc1cccc(C(=O)O)c1. The first-order valence-corrected chi connectivity index (χ1v) is 6.25. The van der Waals surface area contributed by atoms with Gasteiger partial charge < -0.3 is 10.4 Å². The van der Waals surface area contributed by atoms with E-state index in [0.717, 1.165) is 0 Å². The number of H-pyrrole nitrogens is 1. The number of carboxylic acids is 1. The fourth-order valence-electron chi connectivity index (χ4n) is 1.32. The Kier molecular flexibility index (Phi) is 4.14. The third-order valence-electron chi connectivity index (χ3n) is 2.12. The third-order valence-corrected chi connectivity index (χ3v) is 2.98. The molecule has 0 saturated heterocycles. The lowest BCUT2D eigenvalue weighted by Gasteiger charge is -2.04. The van der Waals surface area contributed by atoms with Crippen molar-refractivity contribution < 1.29 is 14.7 Å². The maximum atomic E-state index is 11.6. The zero-order chi connectivity index (χ0) is 13.7. The highest BCUT2D eigenvalue weighted by Gasteiger charge is 2.07. The number of rotatable bonds is 5. The summed E-state index contributed by atoms with van der Waals surface area (Å²) in [5.41, 5.74) is 0.569. The molecule has 98 valence electrons. The van der Waals surface area contributed by atoms with E-state index in [2.05, 4.69) is 20.5 Å². The van der Waals surface area contributed by atoms with Crippen molar-refractivity contribution in [3.8, 4) is 0 Å². The molecule has 19 heavy (non-hydrogen) atoms. The van der Waals surface area contributed by atoms with Crippen LogP contribution in [0.25, 0.3) is 0 Å². The lowest BCUT2D eigenvalue weighted by Crippen LogP contribution is -2.14. The predicted octanol–water partition coefficient (Wildman–Crippen LogP) is 1.23. The van der Waals surface area contributed by atoms with E-state index >= 15 is 0 Å². The van der Waals surface area contributed by atoms with Crippen LogP contribution in [-0.4, -0.2) is 37.9 Å². The van der Waals surface area contributed by atoms with Gasteiger partial charge in [0, 0.05) is 5.69 Å². The molecule has 0 saturated carbocycles. The largest absolute Gasteiger partial charge is 0.478 e. The molecule has 0 aliphatic rings. The van der Waals surface area contributed by atoms with E-state index < -0.39 is 5.97 Å². The van der Waals surface area contributed by atoms with Gasteiger partial charge in [0.05, 0.1) is 11.3 Å². The van der Waals surface area contributed by atoms with Crippen molar-refractivity contribution in [2.24, 2.45) is 0 Å². The number of hydrogen-bond donors (Lipinski definition) is 3. The molecule has 0 aliphatic heterocycles. The number of anilines is 1. The van der Waals surface area contributed by atoms with E-state index in [0.29, 0.717) is 10.8 Å². The summed E-state index contributed by atoms with van der Waals surface area (Å²) < 4.78 is 0. The molecule has 0 atom stereocenters. The molecule has 1 aromatic heterocycles. The Morgan fingerprint density at radius 2 is 2.26 bits per heavy atom. The Morgan fingerprint density at radius 1 is 1.42 bits per heavy atom. The van der Waals surface area contributed by atoms with E-state index in [1.165, 1.54) is 30.2 Å². The van der Waals surface area contributed by atoms with Crippen molar-refractivity contribution in [3.63, 3.8) is 0 Å². The van der Waals surface area contributed by atoms with Crippen LogP contribution < -0.4 is 5.32 Å². The third kappa shape index (κ3) is 3.81. The van der Waals surface area contributed by atoms with Crippen molar-refractivity contribution in [2.75, 3.05) is 11.1 Å². The number of nitrogens with zero attached hydrogens (tertiary/aromatic N) is 2. The van der Waals surface area contributed by atoms with Gasteiger partial charge >= 0.3 is 5.97 Å². The summed E-state index contributed by atoms with van der Waals surface area (Å²) >= 11 is 1.18. The first kappa shape index (κ1) is 13.1. The highest BCUT2D eigenvalue weighted by molar-refractivity contribution is 7.99. The molecule has 3 N–H and O–H groups in total. The van der Waals surface area contributed by atoms with Gasteiger partial charge in [-0.15, -0.1) is 5.10 Å². The molecule has 0 aliphatic carbocycles. The minimum Gasteiger partial charge on any atom is -0.478 e. The number of amides is 1. The van der Waals surface area contributed by atoms with Crippen LogP contribution in [-0.2, 0) is 4.79 Å². The second kappa shape index (κ2) is 6.01. The van der Waals surface area contributed by atoms with E-state index in [1.807, 2.05) is 0 Å². The summed E-state index contributed by atoms with van der Waals surface area (Å²) in [5, 5.41) is 18.3. The van der Waals surface area contributed by atoms with Crippen LogP contribution in [0.15, 0.2) is 35.7 Å². The molecule has 7 nitrogen and oxygen atoms in total. The molecule has 0 radical (unpaired) electrons. The van der Waals surface area contributed by atoms with Gasteiger partial charge in [0.25, 0.3) is 0 Å². The molecule has 1 heterocycles. The lowest BCUT2D eigenvalue weighted by molar-refractivity contribution is -0.113. The van der Waals surface area contributed by atoms with Crippen LogP contribution in [0.5, 0.6) is 0 Å². The maximum Gasteiger partial charge on any atom is 0.335 e. The zero-order valence-corrected chi connectivity index (χ0v) is 10.5. The number of aromatic carboxylic acids is 1. The molecule has 8 heteroatoms. The number of benzene rings is 1. The number of aromatic amines is 1. The van der Waals surface area contributed by atoms with Crippen LogP contribution in [0.1, 0.15) is 10.4 Å². The van der Waals surface area contributed by atoms with E-state index in [4.69, 9.17) is 5.11 Å². The van der Waals surface area contributed by atoms with Gasteiger partial charge in [-0.3, -0.25) is 9.89 Å². The van der Waals surface area contributed by atoms with Crippen LogP contribution >= 0.6 is 11.8 Å². The predicted molar refractivity (Wildman–Crippen MR) is 69.1 cm³/mol. The quantitative estimate of drug-likeness (QED) is 0.710. The average Bonchev–Trinajstić information content (AvgIpc) is 2.90. The molecule has 2 rings (SSSR count). The van der Waals surface area contributed by atoms with Crippen LogP contribution in [0.4, 0.5) is 5.69 Å². The Labute approximate surface area is 112 Å². The minimum absolute atomic E-state index is 0.124. The fraction of sp³-hybridized carbons (Fsp3) is 0.0909. The van der Waals surface area contributed by atoms with Crippen molar-refractivity contribution in [3.05, 3.63) is 36.2 Å². The first-order chi connectivity index (χ1) is 9.15. The number of aromatic nitrogens is 3. The summed E-state index contributed by atoms with van der Waals surface area (Å²) in [6.45, 7) is 0. The molecule has 2 aromatic rings. The smallest absolute Gasteiger partial charge is 0.335 e. The van der Waals surface area contributed by atoms with E-state index in [1.54, 1.807) is 12.1 Å². The zero-order valence-electron chi connectivity index (χ0n) is 9.66. The Bertz CT molecular complexity index is 585. The number of thioether (sulfide) groups is 1.